The third kappa shape index (κ3) is 3.79. The fourth-order valence-electron chi connectivity index (χ4n) is 2.54. The van der Waals surface area contributed by atoms with Crippen LogP contribution >= 0.6 is 0 Å². The Morgan fingerprint density at radius 3 is 2.27 bits per heavy atom. The lowest BCUT2D eigenvalue weighted by atomic mass is 10.0. The van der Waals surface area contributed by atoms with Crippen molar-refractivity contribution in [2.45, 2.75) is 32.4 Å². The van der Waals surface area contributed by atoms with Gasteiger partial charge in [0.1, 0.15) is 11.6 Å². The Morgan fingerprint density at radius 1 is 1.27 bits per heavy atom. The van der Waals surface area contributed by atoms with Gasteiger partial charge in [-0.25, -0.2) is 13.6 Å². The number of carbonyl (C=O) groups excluding carboxylic acids is 1. The van der Waals surface area contributed by atoms with Crippen molar-refractivity contribution in [3.05, 3.63) is 34.9 Å². The molecule has 0 saturated carbocycles. The number of likely N-dealkylation sites (tertiary alicyclic amines) is 1. The molecule has 2 rings (SSSR count). The Hall–Kier alpha value is -2.02. The molecule has 120 valence electrons. The van der Waals surface area contributed by atoms with Crippen molar-refractivity contribution in [2.24, 2.45) is 0 Å². The number of nitrogens with one attached hydrogen (secondary N) is 1. The fraction of sp³-hybridized carbons (Fsp3) is 0.467. The highest BCUT2D eigenvalue weighted by molar-refractivity contribution is 5.87. The number of rotatable bonds is 4. The molecule has 1 heterocycles. The summed E-state index contributed by atoms with van der Waals surface area (Å²) in [6.07, 6.45) is 1.44. The monoisotopic (exact) mass is 312 g/mol. The number of piperidine rings is 1. The van der Waals surface area contributed by atoms with Gasteiger partial charge in [-0.1, -0.05) is 0 Å². The predicted octanol–water partition coefficient (Wildman–Crippen LogP) is 1.76. The number of nitrogens with zero attached hydrogens (tertiary/aromatic N) is 1. The number of carbonyl (C=O) groups is 2. The van der Waals surface area contributed by atoms with Gasteiger partial charge in [0.05, 0.1) is 5.56 Å². The highest BCUT2D eigenvalue weighted by Crippen LogP contribution is 2.17. The number of amides is 1. The zero-order valence-electron chi connectivity index (χ0n) is 12.2. The van der Waals surface area contributed by atoms with Crippen LogP contribution in [0.5, 0.6) is 0 Å². The molecule has 2 N–H and O–H groups in total. The van der Waals surface area contributed by atoms with Crippen LogP contribution in [-0.2, 0) is 11.3 Å². The standard InChI is InChI=1S/C15H18F2N2O3/c1-9(20)19-4-2-11(3-5-19)18-8-12-13(16)6-10(15(21)22)7-14(12)17/h6-7,11,18H,2-5,8H2,1H3,(H,21,22). The largest absolute Gasteiger partial charge is 0.478 e. The lowest BCUT2D eigenvalue weighted by Crippen LogP contribution is -2.44. The number of carboxylic acid groups (broad SMARTS) is 1. The fourth-order valence-corrected chi connectivity index (χ4v) is 2.54. The molecular weight excluding hydrogens is 294 g/mol. The second-order valence-electron chi connectivity index (χ2n) is 5.38. The Morgan fingerprint density at radius 2 is 1.82 bits per heavy atom. The van der Waals surface area contributed by atoms with Gasteiger partial charge in [-0.2, -0.15) is 0 Å². The maximum atomic E-state index is 13.8. The van der Waals surface area contributed by atoms with Crippen LogP contribution in [0.1, 0.15) is 35.7 Å². The summed E-state index contributed by atoms with van der Waals surface area (Å²) in [4.78, 5) is 23.7. The van der Waals surface area contributed by atoms with Crippen LogP contribution in [0.15, 0.2) is 12.1 Å². The van der Waals surface area contributed by atoms with Crippen LogP contribution in [0.4, 0.5) is 8.78 Å². The van der Waals surface area contributed by atoms with Gasteiger partial charge >= 0.3 is 5.97 Å². The molecule has 1 aliphatic heterocycles. The molecule has 0 unspecified atom stereocenters. The van der Waals surface area contributed by atoms with Crippen LogP contribution in [0, 0.1) is 11.6 Å². The van der Waals surface area contributed by atoms with E-state index in [0.29, 0.717) is 13.1 Å². The normalized spacial score (nSPS) is 15.9. The van der Waals surface area contributed by atoms with E-state index in [4.69, 9.17) is 5.11 Å². The molecule has 7 heteroatoms. The molecule has 0 atom stereocenters. The first kappa shape index (κ1) is 16.4. The number of hydrogen-bond donors (Lipinski definition) is 2. The highest BCUT2D eigenvalue weighted by Gasteiger charge is 2.21. The van der Waals surface area contributed by atoms with Gasteiger partial charge in [0.25, 0.3) is 0 Å². The van der Waals surface area contributed by atoms with E-state index in [9.17, 15) is 18.4 Å². The van der Waals surface area contributed by atoms with Crippen LogP contribution in [0.2, 0.25) is 0 Å². The number of carboxylic acids is 1. The third-order valence-electron chi connectivity index (χ3n) is 3.90. The molecule has 1 amide bonds. The van der Waals surface area contributed by atoms with Crippen LogP contribution in [0.3, 0.4) is 0 Å². The highest BCUT2D eigenvalue weighted by atomic mass is 19.1. The molecule has 0 aromatic heterocycles. The number of benzene rings is 1. The first-order chi connectivity index (χ1) is 10.4. The van der Waals surface area contributed by atoms with Crippen LogP contribution in [0.25, 0.3) is 0 Å². The van der Waals surface area contributed by atoms with E-state index < -0.39 is 23.2 Å². The molecule has 1 fully saturated rings. The van der Waals surface area contributed by atoms with E-state index in [1.807, 2.05) is 0 Å². The van der Waals surface area contributed by atoms with Crippen molar-refractivity contribution in [1.29, 1.82) is 0 Å². The van der Waals surface area contributed by atoms with Gasteiger partial charge in [-0.05, 0) is 25.0 Å². The second-order valence-corrected chi connectivity index (χ2v) is 5.38. The van der Waals surface area contributed by atoms with Crippen molar-refractivity contribution in [1.82, 2.24) is 10.2 Å². The first-order valence-corrected chi connectivity index (χ1v) is 7.08. The van der Waals surface area contributed by atoms with Crippen LogP contribution in [-0.4, -0.2) is 41.0 Å². The van der Waals surface area contributed by atoms with E-state index >= 15 is 0 Å². The summed E-state index contributed by atoms with van der Waals surface area (Å²) in [5.41, 5.74) is -0.576. The minimum atomic E-state index is -1.37. The zero-order chi connectivity index (χ0) is 16.3. The Balaban J connectivity index is 1.95. The molecule has 1 aromatic rings. The average Bonchev–Trinajstić information content (AvgIpc) is 2.46. The molecule has 0 spiro atoms. The van der Waals surface area contributed by atoms with Gasteiger partial charge < -0.3 is 15.3 Å². The average molecular weight is 312 g/mol. The Bertz CT molecular complexity index is 561. The summed E-state index contributed by atoms with van der Waals surface area (Å²) >= 11 is 0. The molecule has 1 saturated heterocycles. The Kier molecular flexibility index (Phi) is 5.07. The minimum Gasteiger partial charge on any atom is -0.478 e. The number of hydrogen-bond acceptors (Lipinski definition) is 3. The van der Waals surface area contributed by atoms with Gasteiger partial charge in [0.2, 0.25) is 5.91 Å². The van der Waals surface area contributed by atoms with Gasteiger partial charge in [-0.3, -0.25) is 4.79 Å². The van der Waals surface area contributed by atoms with E-state index in [1.165, 1.54) is 6.92 Å². The maximum absolute atomic E-state index is 13.8. The minimum absolute atomic E-state index is 0.0116. The van der Waals surface area contributed by atoms with Crippen molar-refractivity contribution in [3.63, 3.8) is 0 Å². The van der Waals surface area contributed by atoms with Gasteiger partial charge in [0, 0.05) is 38.2 Å². The summed E-state index contributed by atoms with van der Waals surface area (Å²) in [6.45, 7) is 2.75. The number of aromatic carboxylic acids is 1. The van der Waals surface area contributed by atoms with E-state index in [2.05, 4.69) is 5.32 Å². The van der Waals surface area contributed by atoms with Crippen molar-refractivity contribution < 1.29 is 23.5 Å². The summed E-state index contributed by atoms with van der Waals surface area (Å²) in [7, 11) is 0. The van der Waals surface area contributed by atoms with E-state index in [1.54, 1.807) is 4.90 Å². The quantitative estimate of drug-likeness (QED) is 0.889. The molecule has 5 nitrogen and oxygen atoms in total. The molecule has 0 aliphatic carbocycles. The predicted molar refractivity (Wildman–Crippen MR) is 75.4 cm³/mol. The van der Waals surface area contributed by atoms with Gasteiger partial charge in [0.15, 0.2) is 0 Å². The van der Waals surface area contributed by atoms with Crippen molar-refractivity contribution in [3.8, 4) is 0 Å². The smallest absolute Gasteiger partial charge is 0.335 e. The molecular formula is C15H18F2N2O3. The SMILES string of the molecule is CC(=O)N1CCC(NCc2c(F)cc(C(=O)O)cc2F)CC1. The maximum Gasteiger partial charge on any atom is 0.335 e. The van der Waals surface area contributed by atoms with E-state index in [0.717, 1.165) is 25.0 Å². The zero-order valence-corrected chi connectivity index (χ0v) is 12.2. The summed E-state index contributed by atoms with van der Waals surface area (Å²) in [6, 6.07) is 1.72. The molecule has 0 bridgehead atoms. The molecule has 1 aromatic carbocycles. The summed E-state index contributed by atoms with van der Waals surface area (Å²) in [5, 5.41) is 11.8. The Labute approximate surface area is 126 Å². The lowest BCUT2D eigenvalue weighted by molar-refractivity contribution is -0.129. The van der Waals surface area contributed by atoms with Crippen molar-refractivity contribution >= 4 is 11.9 Å². The lowest BCUT2D eigenvalue weighted by Gasteiger charge is -2.31. The molecule has 1 aliphatic rings. The van der Waals surface area contributed by atoms with Gasteiger partial charge in [-0.15, -0.1) is 0 Å². The summed E-state index contributed by atoms with van der Waals surface area (Å²) in [5.74, 6) is -3.08. The van der Waals surface area contributed by atoms with E-state index in [-0.39, 0.29) is 24.1 Å². The first-order valence-electron chi connectivity index (χ1n) is 7.08. The topological polar surface area (TPSA) is 69.6 Å². The third-order valence-corrected chi connectivity index (χ3v) is 3.90. The molecule has 0 radical (unpaired) electrons. The summed E-state index contributed by atoms with van der Waals surface area (Å²) < 4.78 is 27.6. The van der Waals surface area contributed by atoms with Crippen LogP contribution < -0.4 is 5.32 Å². The molecule has 22 heavy (non-hydrogen) atoms. The second kappa shape index (κ2) is 6.83. The number of halogens is 2. The van der Waals surface area contributed by atoms with Crippen molar-refractivity contribution in [2.75, 3.05) is 13.1 Å².